The van der Waals surface area contributed by atoms with Gasteiger partial charge in [0.15, 0.2) is 10.1 Å². The lowest BCUT2D eigenvalue weighted by molar-refractivity contribution is -0.480. The van der Waals surface area contributed by atoms with E-state index >= 15 is 0 Å². The summed E-state index contributed by atoms with van der Waals surface area (Å²) in [5, 5.41) is 27.1. The van der Waals surface area contributed by atoms with Gasteiger partial charge in [0.25, 0.3) is 26.0 Å². The maximum absolute atomic E-state index is 13.9. The molecule has 0 aromatic carbocycles. The van der Waals surface area contributed by atoms with Crippen molar-refractivity contribution in [3.05, 3.63) is 144 Å². The Kier molecular flexibility index (Phi) is 27.6. The van der Waals surface area contributed by atoms with Gasteiger partial charge in [0, 0.05) is 62.7 Å². The average molecular weight is 1630 g/mol. The fourth-order valence-electron chi connectivity index (χ4n) is 12.8. The SMILES string of the molecule is CC(C)(C)NS(=O)(=O)c1cccc(N)n1.CC(C)(C)NS(=O)(=O)c1cccc(NC(=O)c2ccc(F)nc2N2CCC3(CC2)CC3)n1.CN(C)C(On1nnc2cccnc21)=[N+](C)C.FB(F)F.O=C(O)c1ccc(F)nc1N1CCC2(CC1)CC2.O=C(On1nnc2cccnc21)c1ccc(F)nc1N1CCC2(CC1)CC2.[F-]. The second kappa shape index (κ2) is 36.1. The van der Waals surface area contributed by atoms with Crippen LogP contribution in [-0.4, -0.2) is 207 Å². The number of sulfonamides is 2. The normalized spacial score (nSPS) is 16.1. The van der Waals surface area contributed by atoms with Crippen LogP contribution < -0.4 is 49.6 Å². The lowest BCUT2D eigenvalue weighted by atomic mass is 9.93. The highest BCUT2D eigenvalue weighted by Gasteiger charge is 2.47. The monoisotopic (exact) mass is 1630 g/mol. The smallest absolute Gasteiger partial charge is 0.762 e. The summed E-state index contributed by atoms with van der Waals surface area (Å²) < 4.78 is 125. The Morgan fingerprint density at radius 3 is 1.30 bits per heavy atom. The van der Waals surface area contributed by atoms with E-state index in [0.29, 0.717) is 56.2 Å². The third kappa shape index (κ3) is 23.6. The molecule has 0 atom stereocenters. The van der Waals surface area contributed by atoms with E-state index in [-0.39, 0.29) is 48.9 Å². The number of carboxylic acids is 1. The van der Waals surface area contributed by atoms with E-state index in [4.69, 9.17) is 20.5 Å². The van der Waals surface area contributed by atoms with Crippen molar-refractivity contribution in [3.8, 4) is 0 Å². The van der Waals surface area contributed by atoms with E-state index in [1.807, 2.05) is 64.5 Å². The summed E-state index contributed by atoms with van der Waals surface area (Å²) in [5.41, 5.74) is 8.24. The fraction of sp³-hybridized carbons (Fsp3) is 0.458. The molecule has 32 nitrogen and oxygen atoms in total. The van der Waals surface area contributed by atoms with Crippen molar-refractivity contribution in [2.24, 2.45) is 16.2 Å². The van der Waals surface area contributed by atoms with Crippen molar-refractivity contribution in [1.29, 1.82) is 0 Å². The zero-order valence-electron chi connectivity index (χ0n) is 64.4. The zero-order chi connectivity index (χ0) is 82.0. The number of carboxylic acid groups (broad SMARTS) is 1. The lowest BCUT2D eigenvalue weighted by Crippen LogP contribution is -3.00. The van der Waals surface area contributed by atoms with Gasteiger partial charge in [0.05, 0.1) is 33.8 Å². The standard InChI is InChI=1S/C22H28FN5O3S.C18H17FN6O2.C13H15FN2O2.C10H15N6O.C9H15N3O2S.BF3.FH/c1-21(2,3)27-32(30,31)18-6-4-5-17(25-18)26-20(29)15-7-8-16(23)24-19(15)28-13-11-22(9-10-22)12-14-28;19-14-4-3-12(15(21-14)24-10-7-18(5-6-18)8-11-24)17(26)27-25-16-13(22-23-25)2-1-9-20-16;14-10-2-1-9(12(17)18)11(15-10)16-7-5-13(3-4-13)6-8-16;1-14(2)10(15(3)4)17-16-9-8(12-13-16)6-5-7-11-9;1-9(2,3)12-15(13,14)8-6-4-5-7(10)11-8;2-1(3)4;/h4-8,27H,9-14H2,1-3H3,(H,25,26,29);1-4,9H,5-8,10-11H2;1-2H,3-8H2,(H,17,18);5-7H,1-4H3;4-6,12H,1-3H3,(H2,10,11);;1H/q;;;+1;;;/p-1. The predicted molar refractivity (Wildman–Crippen MR) is 408 cm³/mol. The Morgan fingerprint density at radius 2 is 0.912 bits per heavy atom. The van der Waals surface area contributed by atoms with Gasteiger partial charge in [0.1, 0.15) is 51.2 Å². The number of amides is 1. The Bertz CT molecular complexity index is 5150. The number of nitrogen functional groups attached to an aromatic ring is 1. The second-order valence-corrected chi connectivity index (χ2v) is 33.9. The summed E-state index contributed by atoms with van der Waals surface area (Å²) in [6.07, 6.45) is 17.0. The number of hydrogen-bond donors (Lipinski definition) is 5. The average Bonchev–Trinajstić information content (AvgIpc) is 1.62. The second-order valence-electron chi connectivity index (χ2n) is 30.6. The number of halogens is 7. The van der Waals surface area contributed by atoms with Crippen molar-refractivity contribution < 1.29 is 81.4 Å². The number of carbonyl (C=O) groups is 3. The molecule has 6 aliphatic rings. The molecule has 12 heterocycles. The third-order valence-electron chi connectivity index (χ3n) is 19.1. The van der Waals surface area contributed by atoms with Crippen LogP contribution in [0, 0.1) is 34.1 Å². The fourth-order valence-corrected chi connectivity index (χ4v) is 15.6. The molecule has 114 heavy (non-hydrogen) atoms. The number of piperidine rings is 3. The number of fused-ring (bicyclic) bond motifs is 2. The van der Waals surface area contributed by atoms with E-state index in [1.54, 1.807) is 72.1 Å². The van der Waals surface area contributed by atoms with Gasteiger partial charge in [-0.25, -0.2) is 80.2 Å². The maximum Gasteiger partial charge on any atom is 0.762 e. The molecule has 15 rings (SSSR count). The summed E-state index contributed by atoms with van der Waals surface area (Å²) in [6, 6.07) is 24.1. The van der Waals surface area contributed by atoms with Crippen molar-refractivity contribution in [2.45, 2.75) is 140 Å². The largest absolute Gasteiger partial charge is 1.00 e. The van der Waals surface area contributed by atoms with Gasteiger partial charge in [-0.05, 0) is 240 Å². The quantitative estimate of drug-likeness (QED) is 0.0176. The highest BCUT2D eigenvalue weighted by molar-refractivity contribution is 7.89. The number of nitrogens with one attached hydrogen (secondary N) is 3. The van der Waals surface area contributed by atoms with Crippen LogP contribution in [0.15, 0.2) is 120 Å². The summed E-state index contributed by atoms with van der Waals surface area (Å²) in [6.45, 7) is 15.0. The van der Waals surface area contributed by atoms with Crippen molar-refractivity contribution in [2.75, 3.05) is 93.2 Å². The Hall–Kier alpha value is -10.9. The molecule has 42 heteroatoms. The van der Waals surface area contributed by atoms with Gasteiger partial charge in [0.2, 0.25) is 29.1 Å². The van der Waals surface area contributed by atoms with Gasteiger partial charge in [-0.3, -0.25) is 22.6 Å². The molecule has 3 saturated heterocycles. The highest BCUT2D eigenvalue weighted by Crippen LogP contribution is 2.56. The molecule has 0 bridgehead atoms. The van der Waals surface area contributed by atoms with Crippen molar-refractivity contribution in [3.63, 3.8) is 0 Å². The molecule has 3 aliphatic heterocycles. The van der Waals surface area contributed by atoms with Gasteiger partial charge in [-0.2, -0.15) is 13.2 Å². The van der Waals surface area contributed by atoms with E-state index in [0.717, 1.165) is 101 Å². The molecule has 9 aromatic heterocycles. The Labute approximate surface area is 654 Å². The number of rotatable bonds is 13. The molecule has 3 spiro atoms. The number of aromatic nitrogens is 13. The lowest BCUT2D eigenvalue weighted by Gasteiger charge is -2.33. The van der Waals surface area contributed by atoms with Crippen LogP contribution in [0.4, 0.5) is 55.2 Å². The number of carbonyl (C=O) groups excluding carboxylic acids is 2. The van der Waals surface area contributed by atoms with Crippen LogP contribution in [-0.2, 0) is 20.0 Å². The summed E-state index contributed by atoms with van der Waals surface area (Å²) in [7, 11) is -3.54. The van der Waals surface area contributed by atoms with Crippen LogP contribution in [0.2, 0.25) is 0 Å². The molecule has 3 saturated carbocycles. The van der Waals surface area contributed by atoms with Crippen LogP contribution in [0.1, 0.15) is 150 Å². The molecule has 3 aliphatic carbocycles. The minimum Gasteiger partial charge on any atom is -1.00 e. The van der Waals surface area contributed by atoms with E-state index in [2.05, 4.69) is 70.3 Å². The first kappa shape index (κ1) is 87.1. The maximum atomic E-state index is 13.9. The molecule has 6 N–H and O–H groups in total. The van der Waals surface area contributed by atoms with Crippen molar-refractivity contribution in [1.82, 2.24) is 79.5 Å². The van der Waals surface area contributed by atoms with Gasteiger partial charge >= 0.3 is 25.5 Å². The highest BCUT2D eigenvalue weighted by atomic mass is 32.2. The minimum absolute atomic E-state index is 0. The number of hydrogen-bond acceptors (Lipinski definition) is 24. The third-order valence-corrected chi connectivity index (χ3v) is 22.4. The van der Waals surface area contributed by atoms with Crippen LogP contribution in [0.3, 0.4) is 0 Å². The molecule has 0 unspecified atom stereocenters. The summed E-state index contributed by atoms with van der Waals surface area (Å²) in [4.78, 5) is 85.7. The molecule has 1 amide bonds. The molecular weight excluding hydrogens is 1540 g/mol. The van der Waals surface area contributed by atoms with Crippen LogP contribution >= 0.6 is 0 Å². The van der Waals surface area contributed by atoms with Crippen molar-refractivity contribution >= 4 is 103 Å². The predicted octanol–water partition coefficient (Wildman–Crippen LogP) is 5.70. The first-order valence-corrected chi connectivity index (χ1v) is 39.1. The molecule has 6 fully saturated rings. The topological polar surface area (TPSA) is 388 Å². The number of aromatic carboxylic acids is 1. The Balaban J connectivity index is 0.000000165. The van der Waals surface area contributed by atoms with Gasteiger partial charge in [-0.1, -0.05) is 12.1 Å². The zero-order valence-corrected chi connectivity index (χ0v) is 66.0. The van der Waals surface area contributed by atoms with E-state index in [9.17, 15) is 57.3 Å². The number of nitrogens with two attached hydrogens (primary N) is 1. The summed E-state index contributed by atoms with van der Waals surface area (Å²) >= 11 is 0. The Morgan fingerprint density at radius 1 is 0.535 bits per heavy atom. The number of pyridine rings is 7. The van der Waals surface area contributed by atoms with E-state index < -0.39 is 74.4 Å². The van der Waals surface area contributed by atoms with Gasteiger partial charge in [-0.15, -0.1) is 10.2 Å². The minimum atomic E-state index is -3.86. The number of amidine groups is 1. The molecule has 9 aromatic rings. The number of anilines is 5. The molecular formula is C72H90BF7N22O10S2. The van der Waals surface area contributed by atoms with Gasteiger partial charge < -0.3 is 40.4 Å². The van der Waals surface area contributed by atoms with E-state index in [1.165, 1.54) is 91.9 Å². The van der Waals surface area contributed by atoms with Crippen LogP contribution in [0.25, 0.3) is 22.3 Å². The first-order chi connectivity index (χ1) is 53.2. The molecule has 0 radical (unpaired) electrons. The first-order valence-electron chi connectivity index (χ1n) is 36.2. The van der Waals surface area contributed by atoms with Crippen LogP contribution in [0.5, 0.6) is 0 Å². The summed E-state index contributed by atoms with van der Waals surface area (Å²) in [5.74, 6) is -2.99. The number of nitrogens with zero attached hydrogens (tertiary/aromatic N) is 18. The molecule has 612 valence electrons.